The highest BCUT2D eigenvalue weighted by molar-refractivity contribution is 9.10. The summed E-state index contributed by atoms with van der Waals surface area (Å²) in [6.07, 6.45) is 5.97. The third-order valence-corrected chi connectivity index (χ3v) is 5.25. The fourth-order valence-corrected chi connectivity index (χ4v) is 3.76. The van der Waals surface area contributed by atoms with Gasteiger partial charge in [0, 0.05) is 49.1 Å². The molecule has 4 rings (SSSR count). The molecule has 2 aromatic heterocycles. The van der Waals surface area contributed by atoms with Crippen LogP contribution in [0.3, 0.4) is 0 Å². The molecule has 132 valence electrons. The lowest BCUT2D eigenvalue weighted by Gasteiger charge is -2.18. The predicted molar refractivity (Wildman–Crippen MR) is 92.3 cm³/mol. The molecule has 0 N–H and O–H groups in total. The van der Waals surface area contributed by atoms with Gasteiger partial charge in [-0.1, -0.05) is 5.16 Å². The molecule has 2 aliphatic heterocycles. The maximum Gasteiger partial charge on any atom is 0.255 e. The molecule has 2 saturated heterocycles. The maximum atomic E-state index is 12.6. The Morgan fingerprint density at radius 2 is 2.04 bits per heavy atom. The summed E-state index contributed by atoms with van der Waals surface area (Å²) in [6, 6.07) is 1.79. The molecule has 0 unspecified atom stereocenters. The first-order valence-electron chi connectivity index (χ1n) is 8.52. The summed E-state index contributed by atoms with van der Waals surface area (Å²) in [4.78, 5) is 23.1. The fraction of sp³-hybridized carbons (Fsp3) is 0.529. The van der Waals surface area contributed by atoms with Gasteiger partial charge in [-0.3, -0.25) is 9.78 Å². The Morgan fingerprint density at radius 3 is 2.84 bits per heavy atom. The van der Waals surface area contributed by atoms with E-state index in [-0.39, 0.29) is 11.8 Å². The molecule has 1 atom stereocenters. The molecular weight excluding hydrogens is 388 g/mol. The number of likely N-dealkylation sites (tertiary alicyclic amines) is 1. The van der Waals surface area contributed by atoms with Crippen LogP contribution < -0.4 is 0 Å². The summed E-state index contributed by atoms with van der Waals surface area (Å²) in [7, 11) is 0. The van der Waals surface area contributed by atoms with Gasteiger partial charge in [-0.25, -0.2) is 0 Å². The SMILES string of the molecule is O=C(c1cncc(Br)c1)N1CC[C@H](c2nc(C3CCOCC3)no2)C1. The largest absolute Gasteiger partial charge is 0.381 e. The van der Waals surface area contributed by atoms with E-state index in [4.69, 9.17) is 9.26 Å². The monoisotopic (exact) mass is 406 g/mol. The van der Waals surface area contributed by atoms with Gasteiger partial charge in [0.15, 0.2) is 5.82 Å². The molecular formula is C17H19BrN4O3. The quantitative estimate of drug-likeness (QED) is 0.779. The number of ether oxygens (including phenoxy) is 1. The van der Waals surface area contributed by atoms with Crippen molar-refractivity contribution in [2.45, 2.75) is 31.1 Å². The van der Waals surface area contributed by atoms with Crippen LogP contribution in [0.4, 0.5) is 0 Å². The molecule has 0 aliphatic carbocycles. The second-order valence-electron chi connectivity index (χ2n) is 6.51. The van der Waals surface area contributed by atoms with Crippen LogP contribution in [0.15, 0.2) is 27.5 Å². The molecule has 0 saturated carbocycles. The highest BCUT2D eigenvalue weighted by atomic mass is 79.9. The van der Waals surface area contributed by atoms with E-state index in [0.717, 1.165) is 42.8 Å². The number of nitrogens with zero attached hydrogens (tertiary/aromatic N) is 4. The van der Waals surface area contributed by atoms with E-state index in [2.05, 4.69) is 31.1 Å². The van der Waals surface area contributed by atoms with Crippen LogP contribution in [0.1, 0.15) is 53.2 Å². The van der Waals surface area contributed by atoms with Crippen LogP contribution in [0.2, 0.25) is 0 Å². The number of aromatic nitrogens is 3. The summed E-state index contributed by atoms with van der Waals surface area (Å²) in [5, 5.41) is 4.16. The van der Waals surface area contributed by atoms with Crippen LogP contribution >= 0.6 is 15.9 Å². The Kier molecular flexibility index (Phi) is 4.80. The van der Waals surface area contributed by atoms with E-state index in [1.54, 1.807) is 18.5 Å². The van der Waals surface area contributed by atoms with Gasteiger partial charge in [0.25, 0.3) is 5.91 Å². The van der Waals surface area contributed by atoms with Crippen LogP contribution in [0.5, 0.6) is 0 Å². The van der Waals surface area contributed by atoms with Gasteiger partial charge in [-0.05, 0) is 41.3 Å². The number of carbonyl (C=O) groups is 1. The predicted octanol–water partition coefficient (Wildman–Crippen LogP) is 2.75. The number of hydrogen-bond donors (Lipinski definition) is 0. The lowest BCUT2D eigenvalue weighted by Crippen LogP contribution is -2.28. The van der Waals surface area contributed by atoms with E-state index in [1.165, 1.54) is 0 Å². The zero-order chi connectivity index (χ0) is 17.2. The van der Waals surface area contributed by atoms with Crippen molar-refractivity contribution in [3.05, 3.63) is 40.2 Å². The van der Waals surface area contributed by atoms with Gasteiger partial charge >= 0.3 is 0 Å². The minimum Gasteiger partial charge on any atom is -0.381 e. The van der Waals surface area contributed by atoms with Gasteiger partial charge < -0.3 is 14.2 Å². The number of amides is 1. The van der Waals surface area contributed by atoms with E-state index >= 15 is 0 Å². The van der Waals surface area contributed by atoms with Crippen LogP contribution in [-0.2, 0) is 4.74 Å². The van der Waals surface area contributed by atoms with E-state index in [9.17, 15) is 4.79 Å². The molecule has 1 amide bonds. The molecule has 25 heavy (non-hydrogen) atoms. The van der Waals surface area contributed by atoms with Crippen molar-refractivity contribution in [1.82, 2.24) is 20.0 Å². The van der Waals surface area contributed by atoms with Gasteiger partial charge in [-0.15, -0.1) is 0 Å². The third kappa shape index (κ3) is 3.59. The van der Waals surface area contributed by atoms with Gasteiger partial charge in [0.1, 0.15) is 0 Å². The highest BCUT2D eigenvalue weighted by Crippen LogP contribution is 2.30. The summed E-state index contributed by atoms with van der Waals surface area (Å²) in [5.74, 6) is 1.83. The molecule has 8 heteroatoms. The normalized spacial score (nSPS) is 21.6. The summed E-state index contributed by atoms with van der Waals surface area (Å²) in [6.45, 7) is 2.79. The van der Waals surface area contributed by atoms with Crippen LogP contribution in [-0.4, -0.2) is 52.2 Å². The minimum absolute atomic E-state index is 0.0135. The Bertz CT molecular complexity index is 760. The number of halogens is 1. The molecule has 0 bridgehead atoms. The maximum absolute atomic E-state index is 12.6. The molecule has 2 aliphatic rings. The fourth-order valence-electron chi connectivity index (χ4n) is 3.39. The van der Waals surface area contributed by atoms with Crippen molar-refractivity contribution in [3.8, 4) is 0 Å². The topological polar surface area (TPSA) is 81.4 Å². The van der Waals surface area contributed by atoms with Gasteiger partial charge in [0.05, 0.1) is 11.5 Å². The highest BCUT2D eigenvalue weighted by Gasteiger charge is 2.32. The molecule has 0 aromatic carbocycles. The van der Waals surface area contributed by atoms with Crippen molar-refractivity contribution in [1.29, 1.82) is 0 Å². The second kappa shape index (κ2) is 7.21. The van der Waals surface area contributed by atoms with Gasteiger partial charge in [-0.2, -0.15) is 4.98 Å². The number of pyridine rings is 1. The van der Waals surface area contributed by atoms with E-state index in [1.807, 2.05) is 4.90 Å². The van der Waals surface area contributed by atoms with Crippen LogP contribution in [0, 0.1) is 0 Å². The summed E-state index contributed by atoms with van der Waals surface area (Å²) >= 11 is 3.35. The van der Waals surface area contributed by atoms with Crippen molar-refractivity contribution in [3.63, 3.8) is 0 Å². The second-order valence-corrected chi connectivity index (χ2v) is 7.42. The number of hydrogen-bond acceptors (Lipinski definition) is 6. The minimum atomic E-state index is -0.0135. The Hall–Kier alpha value is -1.80. The Morgan fingerprint density at radius 1 is 1.20 bits per heavy atom. The van der Waals surface area contributed by atoms with Crippen molar-refractivity contribution in [2.75, 3.05) is 26.3 Å². The average molecular weight is 407 g/mol. The van der Waals surface area contributed by atoms with E-state index in [0.29, 0.717) is 30.5 Å². The molecule has 4 heterocycles. The zero-order valence-electron chi connectivity index (χ0n) is 13.7. The summed E-state index contributed by atoms with van der Waals surface area (Å²) in [5.41, 5.74) is 0.587. The third-order valence-electron chi connectivity index (χ3n) is 4.82. The average Bonchev–Trinajstić information content (AvgIpc) is 3.31. The van der Waals surface area contributed by atoms with Crippen molar-refractivity contribution >= 4 is 21.8 Å². The Labute approximate surface area is 153 Å². The smallest absolute Gasteiger partial charge is 0.255 e. The molecule has 0 radical (unpaired) electrons. The molecule has 7 nitrogen and oxygen atoms in total. The van der Waals surface area contributed by atoms with Crippen LogP contribution in [0.25, 0.3) is 0 Å². The lowest BCUT2D eigenvalue weighted by atomic mass is 10.00. The number of carbonyl (C=O) groups excluding carboxylic acids is 1. The van der Waals surface area contributed by atoms with Crippen molar-refractivity contribution in [2.24, 2.45) is 0 Å². The molecule has 2 aromatic rings. The summed E-state index contributed by atoms with van der Waals surface area (Å²) < 4.78 is 11.7. The number of rotatable bonds is 3. The first-order chi connectivity index (χ1) is 12.2. The first kappa shape index (κ1) is 16.7. The van der Waals surface area contributed by atoms with E-state index < -0.39 is 0 Å². The molecule has 2 fully saturated rings. The van der Waals surface area contributed by atoms with Gasteiger partial charge in [0.2, 0.25) is 5.89 Å². The molecule has 0 spiro atoms. The first-order valence-corrected chi connectivity index (χ1v) is 9.31. The standard InChI is InChI=1S/C17H19BrN4O3/c18-14-7-13(8-19-9-14)17(23)22-4-1-12(10-22)16-20-15(21-25-16)11-2-5-24-6-3-11/h7-9,11-12H,1-6,10H2/t12-/m0/s1. The Balaban J connectivity index is 1.42. The van der Waals surface area contributed by atoms with Crippen molar-refractivity contribution < 1.29 is 14.1 Å². The lowest BCUT2D eigenvalue weighted by molar-refractivity contribution is 0.0789. The zero-order valence-corrected chi connectivity index (χ0v) is 15.3.